The molecule has 0 aliphatic carbocycles. The first-order valence-corrected chi connectivity index (χ1v) is 8.65. The van der Waals surface area contributed by atoms with E-state index < -0.39 is 18.8 Å². The summed E-state index contributed by atoms with van der Waals surface area (Å²) >= 11 is 0. The second-order valence-corrected chi connectivity index (χ2v) is 6.41. The molecule has 26 heavy (non-hydrogen) atoms. The number of ether oxygens (including phenoxy) is 1. The molecule has 2 heterocycles. The molecule has 0 amide bonds. The minimum Gasteiger partial charge on any atom is -0.423 e. The van der Waals surface area contributed by atoms with Gasteiger partial charge in [-0.25, -0.2) is 4.98 Å². The van der Waals surface area contributed by atoms with Crippen LogP contribution in [0.5, 0.6) is 0 Å². The normalized spacial score (nSPS) is 14.0. The average molecular weight is 363 g/mol. The molecule has 0 radical (unpaired) electrons. The summed E-state index contributed by atoms with van der Waals surface area (Å²) in [6.07, 6.45) is 2.43. The monoisotopic (exact) mass is 363 g/mol. The Morgan fingerprint density at radius 3 is 2.58 bits per heavy atom. The van der Waals surface area contributed by atoms with E-state index in [1.807, 2.05) is 14.1 Å². The molecule has 3 N–H and O–H groups in total. The van der Waals surface area contributed by atoms with Crippen LogP contribution in [-0.2, 0) is 11.3 Å². The van der Waals surface area contributed by atoms with Crippen molar-refractivity contribution < 1.29 is 19.9 Å². The Morgan fingerprint density at radius 2 is 2.04 bits per heavy atom. The summed E-state index contributed by atoms with van der Waals surface area (Å²) in [5, 5.41) is 29.2. The number of aliphatic hydroxyl groups excluding tert-OH is 1. The van der Waals surface area contributed by atoms with Gasteiger partial charge < -0.3 is 29.4 Å². The van der Waals surface area contributed by atoms with Crippen LogP contribution in [0.15, 0.2) is 23.3 Å². The fraction of sp³-hybridized carbons (Fsp3) is 0.529. The Bertz CT molecular complexity index is 809. The van der Waals surface area contributed by atoms with Crippen molar-refractivity contribution in [3.63, 3.8) is 0 Å². The van der Waals surface area contributed by atoms with E-state index >= 15 is 0 Å². The Balaban J connectivity index is 2.68. The van der Waals surface area contributed by atoms with E-state index in [2.05, 4.69) is 16.8 Å². The van der Waals surface area contributed by atoms with Gasteiger partial charge in [-0.1, -0.05) is 6.92 Å². The van der Waals surface area contributed by atoms with Crippen molar-refractivity contribution in [2.75, 3.05) is 20.7 Å². The minimum atomic E-state index is -1.73. The molecule has 142 valence electrons. The SMILES string of the molecule is CCOC(O)c1cn(CC(CC)N(C)C)c2ncc(B(O)O)cc2c1=O. The van der Waals surface area contributed by atoms with Crippen molar-refractivity contribution in [3.05, 3.63) is 34.2 Å². The van der Waals surface area contributed by atoms with Crippen molar-refractivity contribution in [2.45, 2.75) is 39.1 Å². The zero-order valence-electron chi connectivity index (χ0n) is 15.6. The van der Waals surface area contributed by atoms with E-state index in [1.54, 1.807) is 17.7 Å². The maximum Gasteiger partial charge on any atom is 0.490 e. The number of nitrogens with zero attached hydrogens (tertiary/aromatic N) is 3. The molecule has 0 aliphatic heterocycles. The molecule has 0 spiro atoms. The molecule has 0 saturated carbocycles. The third-order valence-corrected chi connectivity index (χ3v) is 4.46. The number of hydrogen-bond donors (Lipinski definition) is 3. The Labute approximate surface area is 152 Å². The number of likely N-dealkylation sites (N-methyl/N-ethyl adjacent to an activating group) is 1. The van der Waals surface area contributed by atoms with Gasteiger partial charge in [0.2, 0.25) is 0 Å². The quantitative estimate of drug-likeness (QED) is 0.426. The van der Waals surface area contributed by atoms with Crippen molar-refractivity contribution in [3.8, 4) is 0 Å². The van der Waals surface area contributed by atoms with E-state index in [1.165, 1.54) is 12.3 Å². The predicted molar refractivity (Wildman–Crippen MR) is 100 cm³/mol. The zero-order chi connectivity index (χ0) is 19.4. The number of rotatable bonds is 8. The predicted octanol–water partition coefficient (Wildman–Crippen LogP) is -0.556. The molecule has 0 fully saturated rings. The lowest BCUT2D eigenvalue weighted by molar-refractivity contribution is -0.0988. The number of aliphatic hydroxyl groups is 1. The summed E-state index contributed by atoms with van der Waals surface area (Å²) in [5.41, 5.74) is 0.195. The van der Waals surface area contributed by atoms with E-state index in [0.717, 1.165) is 6.42 Å². The summed E-state index contributed by atoms with van der Waals surface area (Å²) in [7, 11) is 2.22. The van der Waals surface area contributed by atoms with Crippen LogP contribution < -0.4 is 10.9 Å². The first kappa shape index (κ1) is 20.5. The highest BCUT2D eigenvalue weighted by Gasteiger charge is 2.21. The first-order valence-electron chi connectivity index (χ1n) is 8.65. The van der Waals surface area contributed by atoms with Crippen LogP contribution in [0, 0.1) is 0 Å². The Hall–Kier alpha value is -1.78. The van der Waals surface area contributed by atoms with Crippen LogP contribution >= 0.6 is 0 Å². The van der Waals surface area contributed by atoms with Gasteiger partial charge >= 0.3 is 7.12 Å². The molecule has 0 saturated heterocycles. The van der Waals surface area contributed by atoms with Gasteiger partial charge in [0.05, 0.1) is 10.9 Å². The summed E-state index contributed by atoms with van der Waals surface area (Å²) in [6.45, 7) is 4.60. The van der Waals surface area contributed by atoms with E-state index in [9.17, 15) is 19.9 Å². The Kier molecular flexibility index (Phi) is 6.90. The average Bonchev–Trinajstić information content (AvgIpc) is 2.60. The first-order chi connectivity index (χ1) is 12.3. The molecule has 2 rings (SSSR count). The molecule has 2 aromatic rings. The van der Waals surface area contributed by atoms with Crippen molar-refractivity contribution in [1.82, 2.24) is 14.5 Å². The molecule has 2 unspecified atom stereocenters. The number of hydrogen-bond acceptors (Lipinski definition) is 7. The second kappa shape index (κ2) is 8.74. The standard InChI is InChI=1S/C17H26BN3O5/c1-5-12(20(3)4)9-21-10-14(17(23)26-6-2)15(22)13-7-11(18(24)25)8-19-16(13)21/h7-8,10,12,17,23-25H,5-6,9H2,1-4H3. The van der Waals surface area contributed by atoms with Gasteiger partial charge in [0.25, 0.3) is 0 Å². The topological polar surface area (TPSA) is 108 Å². The maximum absolute atomic E-state index is 12.8. The lowest BCUT2D eigenvalue weighted by atomic mass is 9.81. The molecular formula is C17H26BN3O5. The highest BCUT2D eigenvalue weighted by molar-refractivity contribution is 6.58. The highest BCUT2D eigenvalue weighted by atomic mass is 16.6. The van der Waals surface area contributed by atoms with Gasteiger partial charge in [-0.15, -0.1) is 0 Å². The fourth-order valence-corrected chi connectivity index (χ4v) is 2.90. The zero-order valence-corrected chi connectivity index (χ0v) is 15.6. The molecule has 0 aromatic carbocycles. The van der Waals surface area contributed by atoms with Gasteiger partial charge in [-0.3, -0.25) is 4.79 Å². The molecule has 0 bridgehead atoms. The smallest absolute Gasteiger partial charge is 0.423 e. The maximum atomic E-state index is 12.8. The molecule has 0 aliphatic rings. The van der Waals surface area contributed by atoms with Gasteiger partial charge in [-0.05, 0) is 33.5 Å². The third-order valence-electron chi connectivity index (χ3n) is 4.46. The fourth-order valence-electron chi connectivity index (χ4n) is 2.90. The summed E-state index contributed by atoms with van der Waals surface area (Å²) in [5.74, 6) is 0. The molecule has 2 aromatic heterocycles. The van der Waals surface area contributed by atoms with Crippen molar-refractivity contribution in [1.29, 1.82) is 0 Å². The molecule has 8 nitrogen and oxygen atoms in total. The molecular weight excluding hydrogens is 337 g/mol. The van der Waals surface area contributed by atoms with Gasteiger partial charge in [0.15, 0.2) is 11.7 Å². The van der Waals surface area contributed by atoms with Crippen LogP contribution in [0.1, 0.15) is 32.1 Å². The number of fused-ring (bicyclic) bond motifs is 1. The number of aromatic nitrogens is 2. The van der Waals surface area contributed by atoms with Crippen molar-refractivity contribution in [2.24, 2.45) is 0 Å². The third kappa shape index (κ3) is 4.31. The lowest BCUT2D eigenvalue weighted by Crippen LogP contribution is -2.34. The summed E-state index contributed by atoms with van der Waals surface area (Å²) < 4.78 is 6.98. The van der Waals surface area contributed by atoms with Crippen molar-refractivity contribution >= 4 is 23.6 Å². The largest absolute Gasteiger partial charge is 0.490 e. The van der Waals surface area contributed by atoms with Crippen LogP contribution in [-0.4, -0.2) is 63.5 Å². The second-order valence-electron chi connectivity index (χ2n) is 6.41. The van der Waals surface area contributed by atoms with Gasteiger partial charge in [0, 0.05) is 37.0 Å². The number of pyridine rings is 2. The summed E-state index contributed by atoms with van der Waals surface area (Å²) in [4.78, 5) is 19.1. The molecule has 9 heteroatoms. The van der Waals surface area contributed by atoms with Gasteiger partial charge in [-0.2, -0.15) is 0 Å². The minimum absolute atomic E-state index is 0.0966. The summed E-state index contributed by atoms with van der Waals surface area (Å²) in [6, 6.07) is 1.59. The van der Waals surface area contributed by atoms with Gasteiger partial charge in [0.1, 0.15) is 5.65 Å². The van der Waals surface area contributed by atoms with Crippen LogP contribution in [0.25, 0.3) is 11.0 Å². The van der Waals surface area contributed by atoms with Crippen LogP contribution in [0.4, 0.5) is 0 Å². The Morgan fingerprint density at radius 1 is 1.35 bits per heavy atom. The van der Waals surface area contributed by atoms with E-state index in [4.69, 9.17) is 4.74 Å². The van der Waals surface area contributed by atoms with Crippen LogP contribution in [0.3, 0.4) is 0 Å². The molecule has 2 atom stereocenters. The van der Waals surface area contributed by atoms with E-state index in [0.29, 0.717) is 12.2 Å². The van der Waals surface area contributed by atoms with E-state index in [-0.39, 0.29) is 29.1 Å². The highest BCUT2D eigenvalue weighted by Crippen LogP contribution is 2.17. The van der Waals surface area contributed by atoms with Crippen LogP contribution in [0.2, 0.25) is 0 Å². The lowest BCUT2D eigenvalue weighted by Gasteiger charge is -2.25.